The highest BCUT2D eigenvalue weighted by Crippen LogP contribution is 2.17. The number of aliphatic hydroxyl groups excluding tert-OH is 1. The van der Waals surface area contributed by atoms with Gasteiger partial charge in [0.2, 0.25) is 0 Å². The molecule has 4 heteroatoms. The summed E-state index contributed by atoms with van der Waals surface area (Å²) in [6, 6.07) is 0.00428. The molecule has 0 aromatic heterocycles. The lowest BCUT2D eigenvalue weighted by Crippen LogP contribution is -2.47. The summed E-state index contributed by atoms with van der Waals surface area (Å²) in [4.78, 5) is 0. The van der Waals surface area contributed by atoms with Crippen LogP contribution < -0.4 is 5.32 Å². The quantitative estimate of drug-likeness (QED) is 0.558. The van der Waals surface area contributed by atoms with E-state index < -0.39 is 11.7 Å². The average Bonchev–Trinajstić information content (AvgIpc) is 2.48. The molecule has 3 N–H and O–H groups in total. The van der Waals surface area contributed by atoms with Crippen molar-refractivity contribution in [2.75, 3.05) is 19.8 Å². The van der Waals surface area contributed by atoms with Crippen molar-refractivity contribution in [1.29, 1.82) is 0 Å². The van der Waals surface area contributed by atoms with Gasteiger partial charge >= 0.3 is 0 Å². The Hall–Kier alpha value is -0.160. The molecule has 1 rings (SSSR count). The summed E-state index contributed by atoms with van der Waals surface area (Å²) >= 11 is 0. The number of aliphatic hydroxyl groups is 2. The van der Waals surface area contributed by atoms with Crippen LogP contribution in [0.4, 0.5) is 0 Å². The van der Waals surface area contributed by atoms with E-state index >= 15 is 0 Å². The van der Waals surface area contributed by atoms with E-state index in [1.165, 1.54) is 0 Å². The van der Waals surface area contributed by atoms with Gasteiger partial charge in [0.25, 0.3) is 0 Å². The maximum atomic E-state index is 9.85. The summed E-state index contributed by atoms with van der Waals surface area (Å²) in [5, 5.41) is 22.1. The Morgan fingerprint density at radius 1 is 1.54 bits per heavy atom. The van der Waals surface area contributed by atoms with Crippen molar-refractivity contribution >= 4 is 0 Å². The number of nitrogens with one attached hydrogen (secondary N) is 1. The summed E-state index contributed by atoms with van der Waals surface area (Å²) in [6.07, 6.45) is 0.276. The van der Waals surface area contributed by atoms with Crippen LogP contribution in [-0.2, 0) is 4.74 Å². The Kier molecular flexibility index (Phi) is 3.67. The fourth-order valence-electron chi connectivity index (χ4n) is 1.26. The van der Waals surface area contributed by atoms with E-state index in [1.807, 2.05) is 6.92 Å². The minimum atomic E-state index is -0.733. The molecular weight excluding hydrogens is 170 g/mol. The van der Waals surface area contributed by atoms with E-state index in [0.29, 0.717) is 26.2 Å². The lowest BCUT2D eigenvalue weighted by atomic mass is 10.0. The lowest BCUT2D eigenvalue weighted by molar-refractivity contribution is 0.0205. The fraction of sp³-hybridized carbons (Fsp3) is 1.00. The van der Waals surface area contributed by atoms with Crippen molar-refractivity contribution < 1.29 is 14.9 Å². The predicted octanol–water partition coefficient (Wildman–Crippen LogP) is -0.503. The molecule has 1 heterocycles. The molecular formula is C9H19NO3. The summed E-state index contributed by atoms with van der Waals surface area (Å²) in [5.41, 5.74) is -0.733. The molecule has 0 bridgehead atoms. The van der Waals surface area contributed by atoms with Crippen molar-refractivity contribution in [2.24, 2.45) is 0 Å². The molecule has 1 saturated heterocycles. The van der Waals surface area contributed by atoms with Gasteiger partial charge in [0.05, 0.1) is 12.7 Å². The highest BCUT2D eigenvalue weighted by Gasteiger charge is 2.32. The molecule has 1 fully saturated rings. The first-order valence-corrected chi connectivity index (χ1v) is 4.75. The van der Waals surface area contributed by atoms with Crippen molar-refractivity contribution in [3.63, 3.8) is 0 Å². The zero-order valence-corrected chi connectivity index (χ0v) is 8.29. The molecule has 1 aliphatic rings. The molecule has 4 nitrogen and oxygen atoms in total. The van der Waals surface area contributed by atoms with Crippen LogP contribution in [0.5, 0.6) is 0 Å². The Morgan fingerprint density at radius 3 is 2.69 bits per heavy atom. The van der Waals surface area contributed by atoms with E-state index in [0.717, 1.165) is 0 Å². The van der Waals surface area contributed by atoms with Gasteiger partial charge in [-0.25, -0.2) is 0 Å². The third-order valence-electron chi connectivity index (χ3n) is 2.56. The molecule has 0 radical (unpaired) electrons. The number of ether oxygens (including phenoxy) is 1. The molecule has 0 aliphatic carbocycles. The smallest absolute Gasteiger partial charge is 0.103 e. The van der Waals surface area contributed by atoms with Crippen LogP contribution in [0.25, 0.3) is 0 Å². The first kappa shape index (κ1) is 10.9. The SMILES string of the molecule is CC(O)C(C)NCC1(O)CCOC1. The largest absolute Gasteiger partial charge is 0.392 e. The first-order valence-electron chi connectivity index (χ1n) is 4.75. The highest BCUT2D eigenvalue weighted by atomic mass is 16.5. The van der Waals surface area contributed by atoms with Gasteiger partial charge in [-0.2, -0.15) is 0 Å². The first-order chi connectivity index (χ1) is 6.03. The third-order valence-corrected chi connectivity index (χ3v) is 2.56. The predicted molar refractivity (Wildman–Crippen MR) is 49.5 cm³/mol. The molecule has 0 spiro atoms. The number of rotatable bonds is 4. The standard InChI is InChI=1S/C9H19NO3/c1-7(8(2)11)10-5-9(12)3-4-13-6-9/h7-8,10-12H,3-6H2,1-2H3. The maximum Gasteiger partial charge on any atom is 0.103 e. The number of hydrogen-bond acceptors (Lipinski definition) is 4. The van der Waals surface area contributed by atoms with Crippen molar-refractivity contribution in [1.82, 2.24) is 5.32 Å². The third kappa shape index (κ3) is 3.23. The summed E-state index contributed by atoms with van der Waals surface area (Å²) in [7, 11) is 0. The van der Waals surface area contributed by atoms with E-state index in [4.69, 9.17) is 4.74 Å². The Labute approximate surface area is 78.9 Å². The normalized spacial score (nSPS) is 33.2. The molecule has 0 aromatic carbocycles. The van der Waals surface area contributed by atoms with Crippen LogP contribution in [0.2, 0.25) is 0 Å². The van der Waals surface area contributed by atoms with Gasteiger partial charge in [0, 0.05) is 25.6 Å². The Bertz CT molecular complexity index is 155. The van der Waals surface area contributed by atoms with Gasteiger partial charge in [-0.3, -0.25) is 0 Å². The monoisotopic (exact) mass is 189 g/mol. The van der Waals surface area contributed by atoms with E-state index in [-0.39, 0.29) is 6.04 Å². The van der Waals surface area contributed by atoms with Crippen LogP contribution in [0.3, 0.4) is 0 Å². The van der Waals surface area contributed by atoms with Gasteiger partial charge in [-0.15, -0.1) is 0 Å². The van der Waals surface area contributed by atoms with Crippen molar-refractivity contribution in [2.45, 2.75) is 38.0 Å². The summed E-state index contributed by atoms with van der Waals surface area (Å²) in [5.74, 6) is 0. The van der Waals surface area contributed by atoms with Gasteiger partial charge in [0.1, 0.15) is 5.60 Å². The van der Waals surface area contributed by atoms with Gasteiger partial charge in [-0.1, -0.05) is 0 Å². The summed E-state index contributed by atoms with van der Waals surface area (Å²) in [6.45, 7) is 5.13. The number of hydrogen-bond donors (Lipinski definition) is 3. The molecule has 13 heavy (non-hydrogen) atoms. The van der Waals surface area contributed by atoms with Crippen LogP contribution in [0, 0.1) is 0 Å². The van der Waals surface area contributed by atoms with E-state index in [1.54, 1.807) is 6.92 Å². The van der Waals surface area contributed by atoms with Crippen molar-refractivity contribution in [3.05, 3.63) is 0 Å². The van der Waals surface area contributed by atoms with Crippen LogP contribution >= 0.6 is 0 Å². The zero-order chi connectivity index (χ0) is 9.90. The van der Waals surface area contributed by atoms with E-state index in [2.05, 4.69) is 5.32 Å². The second kappa shape index (κ2) is 4.37. The summed E-state index contributed by atoms with van der Waals surface area (Å²) < 4.78 is 5.10. The molecule has 0 saturated carbocycles. The second-order valence-corrected chi connectivity index (χ2v) is 3.94. The molecule has 1 aliphatic heterocycles. The van der Waals surface area contributed by atoms with Crippen LogP contribution in [-0.4, -0.2) is 47.7 Å². The van der Waals surface area contributed by atoms with Gasteiger partial charge < -0.3 is 20.3 Å². The van der Waals surface area contributed by atoms with Gasteiger partial charge in [-0.05, 0) is 13.8 Å². The minimum Gasteiger partial charge on any atom is -0.392 e. The topological polar surface area (TPSA) is 61.7 Å². The molecule has 0 aromatic rings. The van der Waals surface area contributed by atoms with E-state index in [9.17, 15) is 10.2 Å². The van der Waals surface area contributed by atoms with Gasteiger partial charge in [0.15, 0.2) is 0 Å². The highest BCUT2D eigenvalue weighted by molar-refractivity contribution is 4.86. The molecule has 0 amide bonds. The van der Waals surface area contributed by atoms with Crippen LogP contribution in [0.1, 0.15) is 20.3 Å². The Morgan fingerprint density at radius 2 is 2.23 bits per heavy atom. The molecule has 3 unspecified atom stereocenters. The second-order valence-electron chi connectivity index (χ2n) is 3.94. The Balaban J connectivity index is 2.24. The minimum absolute atomic E-state index is 0.00428. The fourth-order valence-corrected chi connectivity index (χ4v) is 1.26. The zero-order valence-electron chi connectivity index (χ0n) is 8.29. The molecule has 3 atom stereocenters. The lowest BCUT2D eigenvalue weighted by Gasteiger charge is -2.24. The maximum absolute atomic E-state index is 9.85. The molecule has 78 valence electrons. The van der Waals surface area contributed by atoms with Crippen LogP contribution in [0.15, 0.2) is 0 Å². The average molecular weight is 189 g/mol. The van der Waals surface area contributed by atoms with Crippen molar-refractivity contribution in [3.8, 4) is 0 Å².